The van der Waals surface area contributed by atoms with Gasteiger partial charge >= 0.3 is 0 Å². The molecule has 0 aliphatic rings. The molecule has 0 bridgehead atoms. The summed E-state index contributed by atoms with van der Waals surface area (Å²) in [6, 6.07) is 9.40. The number of nitrogens with one attached hydrogen (secondary N) is 1. The van der Waals surface area contributed by atoms with E-state index in [1.54, 1.807) is 24.8 Å². The second-order valence-corrected chi connectivity index (χ2v) is 5.25. The van der Waals surface area contributed by atoms with Crippen LogP contribution in [0.1, 0.15) is 17.3 Å². The molecule has 24 heavy (non-hydrogen) atoms. The predicted octanol–water partition coefficient (Wildman–Crippen LogP) is 2.88. The van der Waals surface area contributed by atoms with Crippen LogP contribution < -0.4 is 5.73 Å². The quantitative estimate of drug-likeness (QED) is 0.599. The van der Waals surface area contributed by atoms with Crippen molar-refractivity contribution in [3.8, 4) is 11.1 Å². The third-order valence-corrected chi connectivity index (χ3v) is 3.75. The van der Waals surface area contributed by atoms with Crippen molar-refractivity contribution in [2.24, 2.45) is 5.73 Å². The van der Waals surface area contributed by atoms with E-state index < -0.39 is 0 Å². The van der Waals surface area contributed by atoms with E-state index in [1.165, 1.54) is 0 Å². The predicted molar refractivity (Wildman–Crippen MR) is 94.6 cm³/mol. The molecule has 3 heterocycles. The van der Waals surface area contributed by atoms with Crippen molar-refractivity contribution >= 4 is 23.4 Å². The highest BCUT2D eigenvalue weighted by atomic mass is 35.5. The molecule has 0 aliphatic carbocycles. The third kappa shape index (κ3) is 2.97. The summed E-state index contributed by atoms with van der Waals surface area (Å²) in [6.07, 6.45) is 8.82. The Bertz CT molecular complexity index is 940. The van der Waals surface area contributed by atoms with Crippen molar-refractivity contribution in [1.29, 1.82) is 0 Å². The third-order valence-electron chi connectivity index (χ3n) is 3.75. The fourth-order valence-corrected chi connectivity index (χ4v) is 2.49. The van der Waals surface area contributed by atoms with Crippen LogP contribution in [0.3, 0.4) is 0 Å². The maximum absolute atomic E-state index is 6.26. The first-order valence-corrected chi connectivity index (χ1v) is 7.22. The average molecular weight is 339 g/mol. The number of fused-ring (bicyclic) bond motifs is 1. The molecule has 4 rings (SSSR count). The average Bonchev–Trinajstić information content (AvgIpc) is 3.15. The van der Waals surface area contributed by atoms with Crippen LogP contribution in [0.2, 0.25) is 0 Å². The highest BCUT2D eigenvalue weighted by molar-refractivity contribution is 5.85. The molecule has 0 aliphatic heterocycles. The van der Waals surface area contributed by atoms with Gasteiger partial charge in [-0.2, -0.15) is 5.10 Å². The van der Waals surface area contributed by atoms with E-state index in [0.717, 1.165) is 33.4 Å². The minimum Gasteiger partial charge on any atom is -0.319 e. The van der Waals surface area contributed by atoms with Gasteiger partial charge in [0, 0.05) is 24.2 Å². The van der Waals surface area contributed by atoms with Crippen LogP contribution in [-0.2, 0) is 0 Å². The van der Waals surface area contributed by atoms with Crippen LogP contribution in [0.5, 0.6) is 0 Å². The number of benzene rings is 1. The largest absolute Gasteiger partial charge is 0.319 e. The van der Waals surface area contributed by atoms with Crippen LogP contribution in [-0.4, -0.2) is 25.1 Å². The first kappa shape index (κ1) is 16.0. The highest BCUT2D eigenvalue weighted by Gasteiger charge is 2.12. The Morgan fingerprint density at radius 3 is 2.67 bits per heavy atom. The van der Waals surface area contributed by atoms with E-state index >= 15 is 0 Å². The molecule has 120 valence electrons. The number of rotatable bonds is 3. The first-order chi connectivity index (χ1) is 11.3. The summed E-state index contributed by atoms with van der Waals surface area (Å²) in [7, 11) is 0. The Morgan fingerprint density at radius 2 is 1.92 bits per heavy atom. The van der Waals surface area contributed by atoms with Gasteiger partial charge in [0.05, 0.1) is 35.2 Å². The van der Waals surface area contributed by atoms with Gasteiger partial charge in [0.1, 0.15) is 0 Å². The Balaban J connectivity index is 0.00000169. The standard InChI is InChI=1S/C17H14N6.ClH/c18-17(12-2-1-5-19-7-12)16-10-20-15-6-11(3-4-14(15)23-16)13-8-21-22-9-13;/h1-10,17H,18H2,(H,21,22);1H. The number of pyridine rings is 1. The molecule has 7 heteroatoms. The summed E-state index contributed by atoms with van der Waals surface area (Å²) in [6.45, 7) is 0. The summed E-state index contributed by atoms with van der Waals surface area (Å²) < 4.78 is 0. The minimum atomic E-state index is -0.339. The smallest absolute Gasteiger partial charge is 0.0893 e. The fourth-order valence-electron chi connectivity index (χ4n) is 2.49. The SMILES string of the molecule is Cl.NC(c1cccnc1)c1cnc2cc(-c3cn[nH]c3)ccc2n1. The number of hydrogen-bond donors (Lipinski definition) is 2. The number of hydrogen-bond acceptors (Lipinski definition) is 5. The zero-order chi connectivity index (χ0) is 15.6. The number of aromatic nitrogens is 5. The Morgan fingerprint density at radius 1 is 1.00 bits per heavy atom. The van der Waals surface area contributed by atoms with Gasteiger partial charge in [0.25, 0.3) is 0 Å². The lowest BCUT2D eigenvalue weighted by Gasteiger charge is -2.11. The molecule has 0 amide bonds. The number of nitrogens with two attached hydrogens (primary N) is 1. The number of nitrogens with zero attached hydrogens (tertiary/aromatic N) is 4. The van der Waals surface area contributed by atoms with Crippen molar-refractivity contribution in [3.63, 3.8) is 0 Å². The molecular weight excluding hydrogens is 324 g/mol. The molecule has 0 fully saturated rings. The number of aromatic amines is 1. The number of halogens is 1. The molecule has 3 aromatic heterocycles. The molecule has 1 atom stereocenters. The molecule has 6 nitrogen and oxygen atoms in total. The van der Waals surface area contributed by atoms with Crippen LogP contribution in [0.4, 0.5) is 0 Å². The molecule has 0 spiro atoms. The van der Waals surface area contributed by atoms with E-state index in [0.29, 0.717) is 0 Å². The van der Waals surface area contributed by atoms with Gasteiger partial charge in [-0.3, -0.25) is 15.1 Å². The maximum Gasteiger partial charge on any atom is 0.0893 e. The van der Waals surface area contributed by atoms with Gasteiger partial charge in [-0.25, -0.2) is 4.98 Å². The Labute approximate surface area is 144 Å². The highest BCUT2D eigenvalue weighted by Crippen LogP contribution is 2.23. The lowest BCUT2D eigenvalue weighted by molar-refractivity contribution is 0.822. The lowest BCUT2D eigenvalue weighted by atomic mass is 10.1. The summed E-state index contributed by atoms with van der Waals surface area (Å²) in [5.74, 6) is 0. The zero-order valence-electron chi connectivity index (χ0n) is 12.6. The summed E-state index contributed by atoms with van der Waals surface area (Å²) in [4.78, 5) is 13.2. The van der Waals surface area contributed by atoms with Gasteiger partial charge in [-0.1, -0.05) is 12.1 Å². The minimum absolute atomic E-state index is 0. The fraction of sp³-hybridized carbons (Fsp3) is 0.0588. The van der Waals surface area contributed by atoms with Crippen molar-refractivity contribution in [1.82, 2.24) is 25.1 Å². The van der Waals surface area contributed by atoms with Gasteiger partial charge in [0.15, 0.2) is 0 Å². The molecule has 0 radical (unpaired) electrons. The van der Waals surface area contributed by atoms with E-state index in [2.05, 4.69) is 25.1 Å². The summed E-state index contributed by atoms with van der Waals surface area (Å²) >= 11 is 0. The lowest BCUT2D eigenvalue weighted by Crippen LogP contribution is -2.14. The maximum atomic E-state index is 6.26. The van der Waals surface area contributed by atoms with Crippen molar-refractivity contribution in [2.75, 3.05) is 0 Å². The number of H-pyrrole nitrogens is 1. The van der Waals surface area contributed by atoms with Gasteiger partial charge in [0.2, 0.25) is 0 Å². The van der Waals surface area contributed by atoms with E-state index in [-0.39, 0.29) is 18.4 Å². The van der Waals surface area contributed by atoms with E-state index in [9.17, 15) is 0 Å². The molecule has 4 aromatic rings. The van der Waals surface area contributed by atoms with Crippen molar-refractivity contribution < 1.29 is 0 Å². The topological polar surface area (TPSA) is 93.4 Å². The van der Waals surface area contributed by atoms with Gasteiger partial charge < -0.3 is 5.73 Å². The molecule has 0 saturated heterocycles. The normalized spacial score (nSPS) is 11.9. The summed E-state index contributed by atoms with van der Waals surface area (Å²) in [5, 5.41) is 6.78. The first-order valence-electron chi connectivity index (χ1n) is 7.22. The monoisotopic (exact) mass is 338 g/mol. The van der Waals surface area contributed by atoms with Crippen LogP contribution in [0.15, 0.2) is 61.3 Å². The molecular formula is C17H15ClN6. The Hall–Kier alpha value is -2.83. The molecule has 1 unspecified atom stereocenters. The zero-order valence-corrected chi connectivity index (χ0v) is 13.4. The molecule has 0 saturated carbocycles. The molecule has 3 N–H and O–H groups in total. The molecule has 1 aromatic carbocycles. The Kier molecular flexibility index (Phi) is 4.50. The van der Waals surface area contributed by atoms with Crippen molar-refractivity contribution in [3.05, 3.63) is 72.6 Å². The van der Waals surface area contributed by atoms with Crippen LogP contribution in [0, 0.1) is 0 Å². The van der Waals surface area contributed by atoms with Gasteiger partial charge in [-0.15, -0.1) is 12.4 Å². The second-order valence-electron chi connectivity index (χ2n) is 5.25. The second kappa shape index (κ2) is 6.74. The van der Waals surface area contributed by atoms with Crippen molar-refractivity contribution in [2.45, 2.75) is 6.04 Å². The van der Waals surface area contributed by atoms with Crippen LogP contribution >= 0.6 is 12.4 Å². The van der Waals surface area contributed by atoms with E-state index in [1.807, 2.05) is 36.5 Å². The van der Waals surface area contributed by atoms with E-state index in [4.69, 9.17) is 5.73 Å². The van der Waals surface area contributed by atoms with Crippen LogP contribution in [0.25, 0.3) is 22.2 Å². The van der Waals surface area contributed by atoms with Gasteiger partial charge in [-0.05, 0) is 29.3 Å². The summed E-state index contributed by atoms with van der Waals surface area (Å²) in [5.41, 5.74) is 11.6.